The van der Waals surface area contributed by atoms with Crippen molar-refractivity contribution in [1.29, 1.82) is 0 Å². The van der Waals surface area contributed by atoms with E-state index >= 15 is 0 Å². The number of nitrogens with zero attached hydrogens (tertiary/aromatic N) is 3. The first kappa shape index (κ1) is 17.7. The van der Waals surface area contributed by atoms with Crippen molar-refractivity contribution < 1.29 is 9.53 Å². The van der Waals surface area contributed by atoms with E-state index in [2.05, 4.69) is 22.2 Å². The summed E-state index contributed by atoms with van der Waals surface area (Å²) in [5.74, 6) is 0.577. The number of piperidine rings is 1. The highest BCUT2D eigenvalue weighted by molar-refractivity contribution is 5.68. The minimum absolute atomic E-state index is 0.188. The molecule has 1 aliphatic rings. The van der Waals surface area contributed by atoms with Crippen LogP contribution in [0.3, 0.4) is 0 Å². The van der Waals surface area contributed by atoms with E-state index in [9.17, 15) is 4.79 Å². The molecule has 0 spiro atoms. The SMILES string of the molecule is C[C@H](NCC1CCN(C(=O)OC(C)(C)C)CC1)c1cnccn1. The molecule has 1 aromatic heterocycles. The molecule has 0 unspecified atom stereocenters. The lowest BCUT2D eigenvalue weighted by atomic mass is 9.96. The Labute approximate surface area is 138 Å². The normalized spacial score (nSPS) is 17.8. The maximum absolute atomic E-state index is 12.0. The van der Waals surface area contributed by atoms with Crippen LogP contribution in [0.2, 0.25) is 0 Å². The van der Waals surface area contributed by atoms with Crippen molar-refractivity contribution in [2.24, 2.45) is 5.92 Å². The van der Waals surface area contributed by atoms with Gasteiger partial charge >= 0.3 is 6.09 Å². The molecule has 1 aliphatic heterocycles. The Bertz CT molecular complexity index is 493. The smallest absolute Gasteiger partial charge is 0.410 e. The Morgan fingerprint density at radius 1 is 1.39 bits per heavy atom. The molecular weight excluding hydrogens is 292 g/mol. The molecule has 1 amide bonds. The second kappa shape index (κ2) is 7.73. The molecule has 23 heavy (non-hydrogen) atoms. The lowest BCUT2D eigenvalue weighted by molar-refractivity contribution is 0.0183. The van der Waals surface area contributed by atoms with Gasteiger partial charge in [0.1, 0.15) is 5.60 Å². The van der Waals surface area contributed by atoms with Crippen molar-refractivity contribution in [1.82, 2.24) is 20.2 Å². The highest BCUT2D eigenvalue weighted by atomic mass is 16.6. The number of carbonyl (C=O) groups is 1. The van der Waals surface area contributed by atoms with Gasteiger partial charge in [-0.05, 0) is 53.0 Å². The molecule has 0 saturated carbocycles. The van der Waals surface area contributed by atoms with Gasteiger partial charge in [-0.2, -0.15) is 0 Å². The van der Waals surface area contributed by atoms with Gasteiger partial charge in [0.2, 0.25) is 0 Å². The highest BCUT2D eigenvalue weighted by Crippen LogP contribution is 2.20. The predicted molar refractivity (Wildman–Crippen MR) is 89.0 cm³/mol. The van der Waals surface area contributed by atoms with Crippen LogP contribution in [0.25, 0.3) is 0 Å². The van der Waals surface area contributed by atoms with Crippen LogP contribution >= 0.6 is 0 Å². The van der Waals surface area contributed by atoms with Crippen molar-refractivity contribution >= 4 is 6.09 Å². The van der Waals surface area contributed by atoms with Crippen LogP contribution in [-0.2, 0) is 4.74 Å². The summed E-state index contributed by atoms with van der Waals surface area (Å²) in [4.78, 5) is 22.3. The Morgan fingerprint density at radius 2 is 2.09 bits per heavy atom. The molecule has 2 heterocycles. The van der Waals surface area contributed by atoms with Gasteiger partial charge in [-0.3, -0.25) is 9.97 Å². The van der Waals surface area contributed by atoms with Crippen molar-refractivity contribution in [2.75, 3.05) is 19.6 Å². The van der Waals surface area contributed by atoms with Crippen LogP contribution in [-0.4, -0.2) is 46.2 Å². The molecule has 2 rings (SSSR count). The summed E-state index contributed by atoms with van der Waals surface area (Å²) < 4.78 is 5.42. The molecule has 1 saturated heterocycles. The average Bonchev–Trinajstić information content (AvgIpc) is 2.52. The number of aromatic nitrogens is 2. The maximum Gasteiger partial charge on any atom is 0.410 e. The predicted octanol–water partition coefficient (Wildman–Crippen LogP) is 2.77. The minimum atomic E-state index is -0.429. The molecule has 1 atom stereocenters. The monoisotopic (exact) mass is 320 g/mol. The van der Waals surface area contributed by atoms with E-state index in [0.29, 0.717) is 5.92 Å². The van der Waals surface area contributed by atoms with E-state index in [-0.39, 0.29) is 12.1 Å². The second-order valence-electron chi connectivity index (χ2n) is 7.17. The second-order valence-corrected chi connectivity index (χ2v) is 7.17. The number of likely N-dealkylation sites (tertiary alicyclic amines) is 1. The number of hydrogen-bond acceptors (Lipinski definition) is 5. The Balaban J connectivity index is 1.72. The highest BCUT2D eigenvalue weighted by Gasteiger charge is 2.26. The van der Waals surface area contributed by atoms with Crippen LogP contribution in [0.15, 0.2) is 18.6 Å². The van der Waals surface area contributed by atoms with E-state index in [1.807, 2.05) is 25.7 Å². The van der Waals surface area contributed by atoms with Gasteiger partial charge in [0.15, 0.2) is 0 Å². The van der Waals surface area contributed by atoms with Gasteiger partial charge in [0.05, 0.1) is 5.69 Å². The molecule has 1 fully saturated rings. The average molecular weight is 320 g/mol. The lowest BCUT2D eigenvalue weighted by Crippen LogP contribution is -2.43. The van der Waals surface area contributed by atoms with Crippen LogP contribution in [0, 0.1) is 5.92 Å². The molecule has 1 N–H and O–H groups in total. The summed E-state index contributed by atoms with van der Waals surface area (Å²) in [6.45, 7) is 10.3. The van der Waals surface area contributed by atoms with Crippen molar-refractivity contribution in [3.05, 3.63) is 24.3 Å². The number of amides is 1. The summed E-state index contributed by atoms with van der Waals surface area (Å²) in [6, 6.07) is 0.188. The molecule has 0 aliphatic carbocycles. The third-order valence-electron chi connectivity index (χ3n) is 4.01. The van der Waals surface area contributed by atoms with Gasteiger partial charge in [0.25, 0.3) is 0 Å². The summed E-state index contributed by atoms with van der Waals surface area (Å²) in [5.41, 5.74) is 0.528. The minimum Gasteiger partial charge on any atom is -0.444 e. The van der Waals surface area contributed by atoms with Crippen LogP contribution in [0.1, 0.15) is 52.3 Å². The molecule has 0 aromatic carbocycles. The molecular formula is C17H28N4O2. The fraction of sp³-hybridized carbons (Fsp3) is 0.706. The first-order valence-corrected chi connectivity index (χ1v) is 8.32. The van der Waals surface area contributed by atoms with Gasteiger partial charge in [0, 0.05) is 37.7 Å². The van der Waals surface area contributed by atoms with Gasteiger partial charge < -0.3 is 15.0 Å². The molecule has 0 bridgehead atoms. The maximum atomic E-state index is 12.0. The summed E-state index contributed by atoms with van der Waals surface area (Å²) in [6.07, 6.45) is 6.99. The first-order valence-electron chi connectivity index (χ1n) is 8.32. The quantitative estimate of drug-likeness (QED) is 0.924. The van der Waals surface area contributed by atoms with E-state index in [1.165, 1.54) is 0 Å². The fourth-order valence-electron chi connectivity index (χ4n) is 2.63. The summed E-state index contributed by atoms with van der Waals surface area (Å²) in [7, 11) is 0. The molecule has 0 radical (unpaired) electrons. The zero-order chi connectivity index (χ0) is 16.9. The standard InChI is InChI=1S/C17H28N4O2/c1-13(15-12-18-7-8-19-15)20-11-14-5-9-21(10-6-14)16(22)23-17(2,3)4/h7-8,12-14,20H,5-6,9-11H2,1-4H3/t13-/m0/s1. The first-order chi connectivity index (χ1) is 10.8. The van der Waals surface area contributed by atoms with Gasteiger partial charge in [-0.25, -0.2) is 4.79 Å². The Morgan fingerprint density at radius 3 is 2.65 bits per heavy atom. The van der Waals surface area contributed by atoms with Gasteiger partial charge in [-0.1, -0.05) is 0 Å². The van der Waals surface area contributed by atoms with E-state index in [0.717, 1.165) is 38.2 Å². The van der Waals surface area contributed by atoms with E-state index < -0.39 is 5.60 Å². The lowest BCUT2D eigenvalue weighted by Gasteiger charge is -2.33. The summed E-state index contributed by atoms with van der Waals surface area (Å²) >= 11 is 0. The molecule has 128 valence electrons. The van der Waals surface area contributed by atoms with Crippen LogP contribution in [0.5, 0.6) is 0 Å². The zero-order valence-corrected chi connectivity index (χ0v) is 14.6. The van der Waals surface area contributed by atoms with Crippen molar-refractivity contribution in [2.45, 2.75) is 52.2 Å². The van der Waals surface area contributed by atoms with Crippen molar-refractivity contribution in [3.8, 4) is 0 Å². The molecule has 6 heteroatoms. The topological polar surface area (TPSA) is 67.4 Å². The third kappa shape index (κ3) is 5.78. The fourth-order valence-corrected chi connectivity index (χ4v) is 2.63. The number of hydrogen-bond donors (Lipinski definition) is 1. The van der Waals surface area contributed by atoms with Gasteiger partial charge in [-0.15, -0.1) is 0 Å². The summed E-state index contributed by atoms with van der Waals surface area (Å²) in [5, 5.41) is 3.51. The Kier molecular flexibility index (Phi) is 5.93. The largest absolute Gasteiger partial charge is 0.444 e. The Hall–Kier alpha value is -1.69. The molecule has 1 aromatic rings. The zero-order valence-electron chi connectivity index (χ0n) is 14.6. The molecule has 6 nitrogen and oxygen atoms in total. The van der Waals surface area contributed by atoms with Crippen LogP contribution < -0.4 is 5.32 Å². The third-order valence-corrected chi connectivity index (χ3v) is 4.01. The van der Waals surface area contributed by atoms with Crippen LogP contribution in [0.4, 0.5) is 4.79 Å². The van der Waals surface area contributed by atoms with Crippen molar-refractivity contribution in [3.63, 3.8) is 0 Å². The number of nitrogens with one attached hydrogen (secondary N) is 1. The number of rotatable bonds is 4. The van der Waals surface area contributed by atoms with E-state index in [4.69, 9.17) is 4.74 Å². The van der Waals surface area contributed by atoms with E-state index in [1.54, 1.807) is 18.6 Å². The number of carbonyl (C=O) groups excluding carboxylic acids is 1. The number of ether oxygens (including phenoxy) is 1.